The van der Waals surface area contributed by atoms with Crippen LogP contribution in [0.3, 0.4) is 0 Å². The Kier molecular flexibility index (Phi) is 5.90. The van der Waals surface area contributed by atoms with Crippen LogP contribution in [-0.2, 0) is 0 Å². The maximum atomic E-state index is 13.1. The van der Waals surface area contributed by atoms with Gasteiger partial charge in [-0.2, -0.15) is 0 Å². The topological polar surface area (TPSA) is 0 Å². The second kappa shape index (κ2) is 8.73. The summed E-state index contributed by atoms with van der Waals surface area (Å²) in [6, 6.07) is 26.6. The molecule has 1 atom stereocenters. The standard InChI is InChI=1S/C27H29F/c1-20(22-5-3-2-4-6-22)19-21-7-9-23(10-8-21)24-11-13-25(14-12-24)26-15-17-27(28)18-16-26/h2-6,11-18,20-21,23H,7-10,19H2,1H3/t20-,21?,23?/m0/s1. The largest absolute Gasteiger partial charge is 0.207 e. The predicted molar refractivity (Wildman–Crippen MR) is 116 cm³/mol. The molecule has 3 aromatic carbocycles. The van der Waals surface area contributed by atoms with Crippen molar-refractivity contribution in [3.8, 4) is 11.1 Å². The summed E-state index contributed by atoms with van der Waals surface area (Å²) in [7, 11) is 0. The molecule has 1 aliphatic carbocycles. The van der Waals surface area contributed by atoms with Gasteiger partial charge in [-0.25, -0.2) is 4.39 Å². The fourth-order valence-electron chi connectivity index (χ4n) is 4.74. The summed E-state index contributed by atoms with van der Waals surface area (Å²) in [6.45, 7) is 2.37. The van der Waals surface area contributed by atoms with Gasteiger partial charge in [-0.15, -0.1) is 0 Å². The fourth-order valence-corrected chi connectivity index (χ4v) is 4.74. The van der Waals surface area contributed by atoms with E-state index in [1.165, 1.54) is 55.4 Å². The van der Waals surface area contributed by atoms with Gasteiger partial charge in [-0.05, 0) is 84.2 Å². The van der Waals surface area contributed by atoms with E-state index in [1.807, 2.05) is 12.1 Å². The van der Waals surface area contributed by atoms with E-state index in [9.17, 15) is 4.39 Å². The van der Waals surface area contributed by atoms with Crippen molar-refractivity contribution in [1.82, 2.24) is 0 Å². The molecule has 0 saturated heterocycles. The molecule has 0 heterocycles. The van der Waals surface area contributed by atoms with Gasteiger partial charge >= 0.3 is 0 Å². The van der Waals surface area contributed by atoms with Crippen molar-refractivity contribution in [3.05, 3.63) is 95.8 Å². The summed E-state index contributed by atoms with van der Waals surface area (Å²) >= 11 is 0. The number of hydrogen-bond acceptors (Lipinski definition) is 0. The summed E-state index contributed by atoms with van der Waals surface area (Å²) in [4.78, 5) is 0. The Morgan fingerprint density at radius 3 is 1.93 bits per heavy atom. The third kappa shape index (κ3) is 4.52. The third-order valence-corrected chi connectivity index (χ3v) is 6.46. The molecule has 3 aromatic rings. The maximum absolute atomic E-state index is 13.1. The molecule has 28 heavy (non-hydrogen) atoms. The SMILES string of the molecule is C[C@@H](CC1CCC(c2ccc(-c3ccc(F)cc3)cc2)CC1)c1ccccc1. The number of benzene rings is 3. The first kappa shape index (κ1) is 18.9. The van der Waals surface area contributed by atoms with Crippen LogP contribution in [0.25, 0.3) is 11.1 Å². The summed E-state index contributed by atoms with van der Waals surface area (Å²) in [6.07, 6.45) is 6.56. The maximum Gasteiger partial charge on any atom is 0.123 e. The highest BCUT2D eigenvalue weighted by Gasteiger charge is 2.24. The molecule has 1 heteroatoms. The average molecular weight is 373 g/mol. The minimum absolute atomic E-state index is 0.182. The lowest BCUT2D eigenvalue weighted by atomic mass is 9.75. The van der Waals surface area contributed by atoms with E-state index in [0.29, 0.717) is 11.8 Å². The minimum Gasteiger partial charge on any atom is -0.207 e. The molecular formula is C27H29F. The Bertz CT molecular complexity index is 856. The van der Waals surface area contributed by atoms with E-state index in [2.05, 4.69) is 61.5 Å². The zero-order chi connectivity index (χ0) is 19.3. The van der Waals surface area contributed by atoms with Gasteiger partial charge in [0.15, 0.2) is 0 Å². The molecule has 0 spiro atoms. The zero-order valence-electron chi connectivity index (χ0n) is 16.7. The second-order valence-corrected chi connectivity index (χ2v) is 8.39. The first-order chi connectivity index (χ1) is 13.7. The lowest BCUT2D eigenvalue weighted by Gasteiger charge is -2.30. The molecule has 1 saturated carbocycles. The summed E-state index contributed by atoms with van der Waals surface area (Å²) in [5.41, 5.74) is 5.17. The molecule has 0 unspecified atom stereocenters. The highest BCUT2D eigenvalue weighted by Crippen LogP contribution is 2.40. The van der Waals surface area contributed by atoms with Crippen LogP contribution in [0.1, 0.15) is 62.0 Å². The van der Waals surface area contributed by atoms with Gasteiger partial charge in [0.25, 0.3) is 0 Å². The molecule has 0 nitrogen and oxygen atoms in total. The monoisotopic (exact) mass is 372 g/mol. The molecule has 144 valence electrons. The van der Waals surface area contributed by atoms with Crippen LogP contribution in [0, 0.1) is 11.7 Å². The molecule has 1 fully saturated rings. The quantitative estimate of drug-likeness (QED) is 0.426. The minimum atomic E-state index is -0.182. The fraction of sp³-hybridized carbons (Fsp3) is 0.333. The highest BCUT2D eigenvalue weighted by molar-refractivity contribution is 5.63. The van der Waals surface area contributed by atoms with Crippen molar-refractivity contribution >= 4 is 0 Å². The van der Waals surface area contributed by atoms with E-state index in [1.54, 1.807) is 0 Å². The molecular weight excluding hydrogens is 343 g/mol. The van der Waals surface area contributed by atoms with Crippen LogP contribution < -0.4 is 0 Å². The molecule has 0 aromatic heterocycles. The van der Waals surface area contributed by atoms with Crippen LogP contribution in [0.2, 0.25) is 0 Å². The predicted octanol–water partition coefficient (Wildman–Crippen LogP) is 7.96. The number of halogens is 1. The molecule has 4 rings (SSSR count). The van der Waals surface area contributed by atoms with Crippen LogP contribution in [0.5, 0.6) is 0 Å². The van der Waals surface area contributed by atoms with Crippen LogP contribution in [-0.4, -0.2) is 0 Å². The Morgan fingerprint density at radius 2 is 1.32 bits per heavy atom. The van der Waals surface area contributed by atoms with Crippen LogP contribution >= 0.6 is 0 Å². The van der Waals surface area contributed by atoms with Gasteiger partial charge in [0.2, 0.25) is 0 Å². The van der Waals surface area contributed by atoms with Crippen molar-refractivity contribution in [2.75, 3.05) is 0 Å². The van der Waals surface area contributed by atoms with Crippen molar-refractivity contribution in [2.45, 2.75) is 50.9 Å². The first-order valence-electron chi connectivity index (χ1n) is 10.6. The van der Waals surface area contributed by atoms with Crippen molar-refractivity contribution in [3.63, 3.8) is 0 Å². The Hall–Kier alpha value is -2.41. The number of hydrogen-bond donors (Lipinski definition) is 0. The van der Waals surface area contributed by atoms with E-state index >= 15 is 0 Å². The van der Waals surface area contributed by atoms with Crippen LogP contribution in [0.4, 0.5) is 4.39 Å². The molecule has 1 aliphatic rings. The van der Waals surface area contributed by atoms with Gasteiger partial charge in [-0.1, -0.05) is 73.7 Å². The lowest BCUT2D eigenvalue weighted by Crippen LogP contribution is -2.15. The van der Waals surface area contributed by atoms with Crippen molar-refractivity contribution < 1.29 is 4.39 Å². The molecule has 0 amide bonds. The molecule has 0 radical (unpaired) electrons. The van der Waals surface area contributed by atoms with Gasteiger partial charge in [0, 0.05) is 0 Å². The normalized spacial score (nSPS) is 20.6. The zero-order valence-corrected chi connectivity index (χ0v) is 16.7. The summed E-state index contributed by atoms with van der Waals surface area (Å²) in [5.74, 6) is 2.01. The number of rotatable bonds is 5. The van der Waals surface area contributed by atoms with Crippen molar-refractivity contribution in [2.24, 2.45) is 5.92 Å². The van der Waals surface area contributed by atoms with E-state index in [4.69, 9.17) is 0 Å². The van der Waals surface area contributed by atoms with Gasteiger partial charge < -0.3 is 0 Å². The molecule has 0 N–H and O–H groups in total. The van der Waals surface area contributed by atoms with E-state index in [0.717, 1.165) is 17.0 Å². The van der Waals surface area contributed by atoms with E-state index < -0.39 is 0 Å². The Balaban J connectivity index is 1.33. The molecule has 0 bridgehead atoms. The Labute approximate surface area is 168 Å². The smallest absolute Gasteiger partial charge is 0.123 e. The van der Waals surface area contributed by atoms with Gasteiger partial charge in [-0.3, -0.25) is 0 Å². The summed E-state index contributed by atoms with van der Waals surface area (Å²) in [5, 5.41) is 0. The third-order valence-electron chi connectivity index (χ3n) is 6.46. The molecule has 0 aliphatic heterocycles. The van der Waals surface area contributed by atoms with Crippen molar-refractivity contribution in [1.29, 1.82) is 0 Å². The average Bonchev–Trinajstić information content (AvgIpc) is 2.76. The first-order valence-corrected chi connectivity index (χ1v) is 10.6. The van der Waals surface area contributed by atoms with Crippen LogP contribution in [0.15, 0.2) is 78.9 Å². The van der Waals surface area contributed by atoms with Gasteiger partial charge in [0.05, 0.1) is 0 Å². The Morgan fingerprint density at radius 1 is 0.750 bits per heavy atom. The second-order valence-electron chi connectivity index (χ2n) is 8.39. The lowest BCUT2D eigenvalue weighted by molar-refractivity contribution is 0.297. The van der Waals surface area contributed by atoms with E-state index in [-0.39, 0.29) is 5.82 Å². The van der Waals surface area contributed by atoms with Gasteiger partial charge in [0.1, 0.15) is 5.82 Å². The summed E-state index contributed by atoms with van der Waals surface area (Å²) < 4.78 is 13.1. The highest BCUT2D eigenvalue weighted by atomic mass is 19.1.